The van der Waals surface area contributed by atoms with Crippen molar-refractivity contribution in [2.45, 2.75) is 12.3 Å². The number of fused-ring (bicyclic) bond motifs is 3. The molecule has 2 heteroatoms. The highest BCUT2D eigenvalue weighted by atomic mass is 32.2. The molecule has 2 aliphatic heterocycles. The van der Waals surface area contributed by atoms with E-state index < -0.39 is 0 Å². The van der Waals surface area contributed by atoms with E-state index in [0.717, 1.165) is 5.75 Å². The Hall–Kier alpha value is -0.760. The molecule has 0 spiro atoms. The zero-order chi connectivity index (χ0) is 8.67. The third-order valence-corrected chi connectivity index (χ3v) is 3.80. The number of thioether (sulfide) groups is 1. The number of rotatable bonds is 0. The molecule has 0 bridgehead atoms. The minimum atomic E-state index is 0.650. The summed E-state index contributed by atoms with van der Waals surface area (Å²) in [6.07, 6.45) is 1.28. The van der Waals surface area contributed by atoms with Crippen LogP contribution in [0, 0.1) is 0 Å². The van der Waals surface area contributed by atoms with Crippen LogP contribution in [-0.2, 0) is 0 Å². The Morgan fingerprint density at radius 1 is 1.31 bits per heavy atom. The molecule has 66 valence electrons. The highest BCUT2D eigenvalue weighted by Crippen LogP contribution is 2.40. The maximum Gasteiger partial charge on any atom is 0.0668 e. The quantitative estimate of drug-likeness (QED) is 0.611. The van der Waals surface area contributed by atoms with Crippen molar-refractivity contribution in [3.63, 3.8) is 0 Å². The van der Waals surface area contributed by atoms with E-state index in [2.05, 4.69) is 29.3 Å². The molecule has 3 rings (SSSR count). The smallest absolute Gasteiger partial charge is 0.0668 e. The normalized spacial score (nSPS) is 24.9. The highest BCUT2D eigenvalue weighted by Gasteiger charge is 2.28. The van der Waals surface area contributed by atoms with E-state index in [1.807, 2.05) is 11.8 Å². The van der Waals surface area contributed by atoms with Crippen molar-refractivity contribution < 1.29 is 0 Å². The molecule has 1 atom stereocenters. The van der Waals surface area contributed by atoms with Crippen molar-refractivity contribution >= 4 is 23.2 Å². The van der Waals surface area contributed by atoms with Crippen LogP contribution in [0.1, 0.15) is 17.9 Å². The van der Waals surface area contributed by atoms with Crippen molar-refractivity contribution in [3.8, 4) is 0 Å². The van der Waals surface area contributed by atoms with Gasteiger partial charge in [0.25, 0.3) is 0 Å². The van der Waals surface area contributed by atoms with Gasteiger partial charge in [-0.3, -0.25) is 4.99 Å². The first kappa shape index (κ1) is 7.63. The summed E-state index contributed by atoms with van der Waals surface area (Å²) in [5.74, 6) is 3.08. The van der Waals surface area contributed by atoms with E-state index in [0.29, 0.717) is 5.92 Å². The lowest BCUT2D eigenvalue weighted by atomic mass is 9.94. The zero-order valence-electron chi connectivity index (χ0n) is 7.36. The molecule has 0 amide bonds. The first-order chi connectivity index (χ1) is 6.45. The number of benzene rings is 1. The van der Waals surface area contributed by atoms with Crippen LogP contribution in [0.15, 0.2) is 29.3 Å². The van der Waals surface area contributed by atoms with Gasteiger partial charge in [0.05, 0.1) is 5.69 Å². The molecule has 1 saturated heterocycles. The molecular weight excluding hydrogens is 178 g/mol. The Balaban J connectivity index is 2.09. The predicted octanol–water partition coefficient (Wildman–Crippen LogP) is 2.99. The van der Waals surface area contributed by atoms with Crippen molar-refractivity contribution in [2.75, 3.05) is 11.5 Å². The van der Waals surface area contributed by atoms with Crippen LogP contribution in [-0.4, -0.2) is 17.2 Å². The number of aliphatic imine (C=N–C) groups is 1. The number of para-hydroxylation sites is 1. The molecule has 13 heavy (non-hydrogen) atoms. The van der Waals surface area contributed by atoms with E-state index in [-0.39, 0.29) is 0 Å². The van der Waals surface area contributed by atoms with Gasteiger partial charge in [0, 0.05) is 17.4 Å². The molecule has 1 aromatic rings. The third kappa shape index (κ3) is 1.12. The lowest BCUT2D eigenvalue weighted by Crippen LogP contribution is -2.17. The second kappa shape index (κ2) is 2.88. The lowest BCUT2D eigenvalue weighted by molar-refractivity contribution is 0.860. The number of hydrogen-bond acceptors (Lipinski definition) is 2. The maximum atomic E-state index is 4.67. The Kier molecular flexibility index (Phi) is 1.69. The van der Waals surface area contributed by atoms with Crippen LogP contribution in [0.2, 0.25) is 0 Å². The summed E-state index contributed by atoms with van der Waals surface area (Å²) in [5.41, 5.74) is 4.07. The molecule has 2 aliphatic rings. The van der Waals surface area contributed by atoms with E-state index in [9.17, 15) is 0 Å². The van der Waals surface area contributed by atoms with Crippen molar-refractivity contribution in [1.82, 2.24) is 0 Å². The third-order valence-electron chi connectivity index (χ3n) is 2.78. The van der Waals surface area contributed by atoms with Gasteiger partial charge in [-0.25, -0.2) is 0 Å². The van der Waals surface area contributed by atoms with E-state index in [1.54, 1.807) is 0 Å². The van der Waals surface area contributed by atoms with Crippen LogP contribution in [0.3, 0.4) is 0 Å². The van der Waals surface area contributed by atoms with Crippen molar-refractivity contribution in [1.29, 1.82) is 0 Å². The molecule has 1 aromatic carbocycles. The summed E-state index contributed by atoms with van der Waals surface area (Å²) >= 11 is 2.01. The Morgan fingerprint density at radius 2 is 2.23 bits per heavy atom. The molecule has 2 heterocycles. The fraction of sp³-hybridized carbons (Fsp3) is 0.364. The summed E-state index contributed by atoms with van der Waals surface area (Å²) in [4.78, 5) is 4.67. The molecule has 1 fully saturated rings. The lowest BCUT2D eigenvalue weighted by Gasteiger charge is -2.19. The summed E-state index contributed by atoms with van der Waals surface area (Å²) in [6, 6.07) is 8.56. The summed E-state index contributed by atoms with van der Waals surface area (Å²) < 4.78 is 0. The monoisotopic (exact) mass is 189 g/mol. The molecule has 0 N–H and O–H groups in total. The van der Waals surface area contributed by atoms with E-state index >= 15 is 0 Å². The highest BCUT2D eigenvalue weighted by molar-refractivity contribution is 8.00. The van der Waals surface area contributed by atoms with Crippen LogP contribution < -0.4 is 0 Å². The second-order valence-electron chi connectivity index (χ2n) is 3.56. The van der Waals surface area contributed by atoms with Gasteiger partial charge in [0.1, 0.15) is 0 Å². The number of nitrogens with zero attached hydrogens (tertiary/aromatic N) is 1. The Labute approximate surface area is 82.3 Å². The molecule has 0 saturated carbocycles. The van der Waals surface area contributed by atoms with Gasteiger partial charge in [-0.1, -0.05) is 18.2 Å². The molecule has 1 nitrogen and oxygen atoms in total. The largest absolute Gasteiger partial charge is 0.256 e. The molecular formula is C11H11NS. The minimum Gasteiger partial charge on any atom is -0.256 e. The van der Waals surface area contributed by atoms with Gasteiger partial charge in [-0.15, -0.1) is 0 Å². The van der Waals surface area contributed by atoms with Gasteiger partial charge in [-0.2, -0.15) is 11.8 Å². The zero-order valence-corrected chi connectivity index (χ0v) is 8.18. The van der Waals surface area contributed by atoms with Gasteiger partial charge in [0.2, 0.25) is 0 Å². The number of hydrogen-bond donors (Lipinski definition) is 0. The average molecular weight is 189 g/mol. The maximum absolute atomic E-state index is 4.67. The molecule has 0 radical (unpaired) electrons. The fourth-order valence-corrected chi connectivity index (χ4v) is 3.15. The van der Waals surface area contributed by atoms with Gasteiger partial charge in [-0.05, 0) is 23.8 Å². The average Bonchev–Trinajstić information content (AvgIpc) is 2.56. The summed E-state index contributed by atoms with van der Waals surface area (Å²) in [6.45, 7) is 0. The SMILES string of the molecule is c1ccc2c(c1)N=C1CSCCC12. The summed E-state index contributed by atoms with van der Waals surface area (Å²) in [5, 5.41) is 0. The van der Waals surface area contributed by atoms with E-state index in [4.69, 9.17) is 0 Å². The minimum absolute atomic E-state index is 0.650. The Morgan fingerprint density at radius 3 is 3.23 bits per heavy atom. The van der Waals surface area contributed by atoms with Crippen LogP contribution in [0.4, 0.5) is 5.69 Å². The first-order valence-electron chi connectivity index (χ1n) is 4.69. The summed E-state index contributed by atoms with van der Waals surface area (Å²) in [7, 11) is 0. The van der Waals surface area contributed by atoms with E-state index in [1.165, 1.54) is 29.1 Å². The second-order valence-corrected chi connectivity index (χ2v) is 4.66. The predicted molar refractivity (Wildman–Crippen MR) is 58.2 cm³/mol. The van der Waals surface area contributed by atoms with Gasteiger partial charge >= 0.3 is 0 Å². The topological polar surface area (TPSA) is 12.4 Å². The molecule has 0 aromatic heterocycles. The Bertz CT molecular complexity index is 370. The standard InChI is InChI=1S/C11H11NS/c1-2-4-10-8(3-1)9-5-6-13-7-11(9)12-10/h1-4,9H,5-7H2. The van der Waals surface area contributed by atoms with Crippen molar-refractivity contribution in [3.05, 3.63) is 29.8 Å². The molecule has 1 unspecified atom stereocenters. The van der Waals surface area contributed by atoms with Crippen LogP contribution >= 0.6 is 11.8 Å². The van der Waals surface area contributed by atoms with Crippen molar-refractivity contribution in [2.24, 2.45) is 4.99 Å². The van der Waals surface area contributed by atoms with Crippen LogP contribution in [0.25, 0.3) is 0 Å². The van der Waals surface area contributed by atoms with Gasteiger partial charge < -0.3 is 0 Å². The first-order valence-corrected chi connectivity index (χ1v) is 5.85. The van der Waals surface area contributed by atoms with Gasteiger partial charge in [0.15, 0.2) is 0 Å². The van der Waals surface area contributed by atoms with Crippen LogP contribution in [0.5, 0.6) is 0 Å². The fourth-order valence-electron chi connectivity index (χ4n) is 2.13. The molecule has 0 aliphatic carbocycles.